The zero-order chi connectivity index (χ0) is 16.9. The van der Waals surface area contributed by atoms with Crippen molar-refractivity contribution in [3.05, 3.63) is 35.9 Å². The van der Waals surface area contributed by atoms with E-state index in [1.165, 1.54) is 4.90 Å². The predicted molar refractivity (Wildman–Crippen MR) is 81.8 cm³/mol. The van der Waals surface area contributed by atoms with Crippen LogP contribution in [0.15, 0.2) is 30.3 Å². The third kappa shape index (κ3) is 2.67. The molecule has 0 radical (unpaired) electrons. The van der Waals surface area contributed by atoms with Gasteiger partial charge in [0.05, 0.1) is 12.6 Å². The first-order chi connectivity index (χ1) is 11.4. The fraction of sp³-hybridized carbons (Fsp3) is 0.588. The van der Waals surface area contributed by atoms with E-state index in [0.717, 1.165) is 5.56 Å². The first-order valence-corrected chi connectivity index (χ1v) is 8.11. The molecule has 3 saturated heterocycles. The van der Waals surface area contributed by atoms with Crippen LogP contribution in [0.4, 0.5) is 4.79 Å². The van der Waals surface area contributed by atoms with Gasteiger partial charge in [0.25, 0.3) is 0 Å². The van der Waals surface area contributed by atoms with E-state index in [1.807, 2.05) is 30.3 Å². The Bertz CT molecular complexity index is 621. The number of amides is 1. The highest BCUT2D eigenvalue weighted by Crippen LogP contribution is 2.43. The molecule has 1 aromatic rings. The highest BCUT2D eigenvalue weighted by Gasteiger charge is 2.62. The van der Waals surface area contributed by atoms with Crippen LogP contribution in [0.1, 0.15) is 19.4 Å². The molecule has 0 aliphatic carbocycles. The van der Waals surface area contributed by atoms with Gasteiger partial charge in [-0.2, -0.15) is 0 Å². The van der Waals surface area contributed by atoms with Gasteiger partial charge < -0.3 is 24.1 Å². The third-order valence-corrected chi connectivity index (χ3v) is 4.62. The molecule has 1 N–H and O–H groups in total. The van der Waals surface area contributed by atoms with Crippen LogP contribution in [0.5, 0.6) is 0 Å². The largest absolute Gasteiger partial charge is 0.445 e. The molecule has 24 heavy (non-hydrogen) atoms. The molecule has 4 rings (SSSR count). The second-order valence-electron chi connectivity index (χ2n) is 6.82. The number of hydrogen-bond donors (Lipinski definition) is 1. The van der Waals surface area contributed by atoms with Gasteiger partial charge in [0.15, 0.2) is 12.1 Å². The summed E-state index contributed by atoms with van der Waals surface area (Å²) >= 11 is 0. The number of ether oxygens (including phenoxy) is 4. The monoisotopic (exact) mass is 335 g/mol. The van der Waals surface area contributed by atoms with Crippen molar-refractivity contribution in [1.82, 2.24) is 4.90 Å². The van der Waals surface area contributed by atoms with Gasteiger partial charge in [0, 0.05) is 0 Å². The Labute approximate surface area is 140 Å². The Morgan fingerprint density at radius 3 is 2.79 bits per heavy atom. The van der Waals surface area contributed by atoms with Gasteiger partial charge in [-0.05, 0) is 19.4 Å². The van der Waals surface area contributed by atoms with Crippen molar-refractivity contribution in [2.45, 2.75) is 56.9 Å². The molecule has 1 amide bonds. The fourth-order valence-corrected chi connectivity index (χ4v) is 3.61. The summed E-state index contributed by atoms with van der Waals surface area (Å²) in [5.74, 6) is -0.770. The zero-order valence-electron chi connectivity index (χ0n) is 13.6. The number of rotatable bonds is 2. The molecular weight excluding hydrogens is 314 g/mol. The van der Waals surface area contributed by atoms with Crippen LogP contribution in [0, 0.1) is 0 Å². The van der Waals surface area contributed by atoms with E-state index in [0.29, 0.717) is 0 Å². The molecule has 3 heterocycles. The number of carbonyl (C=O) groups is 1. The topological polar surface area (TPSA) is 77.5 Å². The molecule has 0 saturated carbocycles. The minimum absolute atomic E-state index is 0.163. The minimum atomic E-state index is -0.778. The number of nitrogens with zero attached hydrogens (tertiary/aromatic N) is 1. The number of aliphatic hydroxyl groups excluding tert-OH is 1. The van der Waals surface area contributed by atoms with Crippen LogP contribution < -0.4 is 0 Å². The predicted octanol–water partition coefficient (Wildman–Crippen LogP) is 1.24. The molecule has 0 aromatic heterocycles. The summed E-state index contributed by atoms with van der Waals surface area (Å²) in [7, 11) is 0. The van der Waals surface area contributed by atoms with Crippen LogP contribution in [-0.4, -0.2) is 59.1 Å². The number of benzene rings is 1. The first kappa shape index (κ1) is 15.8. The van der Waals surface area contributed by atoms with Crippen molar-refractivity contribution in [1.29, 1.82) is 0 Å². The maximum Gasteiger partial charge on any atom is 0.410 e. The maximum absolute atomic E-state index is 12.5. The molecule has 3 aliphatic rings. The summed E-state index contributed by atoms with van der Waals surface area (Å²) in [6.45, 7) is 3.94. The second kappa shape index (κ2) is 5.70. The SMILES string of the molecule is CC1(C)OC2O[C@@H]3[C@H](O)CN(C(=O)OCc4ccccc4)[C@@H]3C2O1. The Morgan fingerprint density at radius 1 is 1.29 bits per heavy atom. The van der Waals surface area contributed by atoms with Gasteiger partial charge in [-0.25, -0.2) is 4.79 Å². The summed E-state index contributed by atoms with van der Waals surface area (Å²) in [6, 6.07) is 9.05. The van der Waals surface area contributed by atoms with E-state index < -0.39 is 42.5 Å². The Kier molecular flexibility index (Phi) is 3.76. The lowest BCUT2D eigenvalue weighted by Crippen LogP contribution is -2.46. The van der Waals surface area contributed by atoms with Crippen molar-refractivity contribution in [3.63, 3.8) is 0 Å². The van der Waals surface area contributed by atoms with Crippen LogP contribution in [-0.2, 0) is 25.6 Å². The van der Waals surface area contributed by atoms with E-state index in [4.69, 9.17) is 18.9 Å². The number of carbonyl (C=O) groups excluding carboxylic acids is 1. The number of aliphatic hydroxyl groups is 1. The first-order valence-electron chi connectivity index (χ1n) is 8.11. The van der Waals surface area contributed by atoms with Crippen molar-refractivity contribution < 1.29 is 28.8 Å². The van der Waals surface area contributed by atoms with E-state index in [-0.39, 0.29) is 13.2 Å². The smallest absolute Gasteiger partial charge is 0.410 e. The van der Waals surface area contributed by atoms with Crippen molar-refractivity contribution in [2.24, 2.45) is 0 Å². The lowest BCUT2D eigenvalue weighted by molar-refractivity contribution is -0.212. The molecular formula is C17H21NO6. The second-order valence-corrected chi connectivity index (χ2v) is 6.82. The van der Waals surface area contributed by atoms with E-state index in [9.17, 15) is 9.90 Å². The van der Waals surface area contributed by atoms with Crippen LogP contribution in [0.3, 0.4) is 0 Å². The van der Waals surface area contributed by atoms with Gasteiger partial charge in [0.2, 0.25) is 0 Å². The Hall–Kier alpha value is -1.67. The zero-order valence-corrected chi connectivity index (χ0v) is 13.6. The maximum atomic E-state index is 12.5. The molecule has 3 aliphatic heterocycles. The molecule has 7 nitrogen and oxygen atoms in total. The minimum Gasteiger partial charge on any atom is -0.445 e. The quantitative estimate of drug-likeness (QED) is 0.876. The van der Waals surface area contributed by atoms with Crippen LogP contribution in [0.25, 0.3) is 0 Å². The van der Waals surface area contributed by atoms with E-state index in [2.05, 4.69) is 0 Å². The lowest BCUT2D eigenvalue weighted by Gasteiger charge is -2.27. The molecule has 7 heteroatoms. The normalized spacial score (nSPS) is 36.5. The summed E-state index contributed by atoms with van der Waals surface area (Å²) in [6.07, 6.45) is -2.77. The van der Waals surface area contributed by atoms with Crippen molar-refractivity contribution >= 4 is 6.09 Å². The number of fused-ring (bicyclic) bond motifs is 3. The van der Waals surface area contributed by atoms with Crippen LogP contribution >= 0.6 is 0 Å². The lowest BCUT2D eigenvalue weighted by atomic mass is 10.1. The van der Waals surface area contributed by atoms with Gasteiger partial charge in [-0.3, -0.25) is 4.90 Å². The molecule has 0 spiro atoms. The Morgan fingerprint density at radius 2 is 2.04 bits per heavy atom. The molecule has 130 valence electrons. The van der Waals surface area contributed by atoms with E-state index in [1.54, 1.807) is 13.8 Å². The molecule has 5 atom stereocenters. The highest BCUT2D eigenvalue weighted by molar-refractivity contribution is 5.69. The standard InChI is InChI=1S/C17H21NO6/c1-17(2)23-14-12-13(22-15(14)24-17)11(19)8-18(12)16(20)21-9-10-6-4-3-5-7-10/h3-7,11-15,19H,8-9H2,1-2H3/t11-,12+,13-,14?,15?/m1/s1. The van der Waals surface area contributed by atoms with Gasteiger partial charge in [0.1, 0.15) is 24.9 Å². The summed E-state index contributed by atoms with van der Waals surface area (Å²) < 4.78 is 22.7. The fourth-order valence-electron chi connectivity index (χ4n) is 3.61. The van der Waals surface area contributed by atoms with Crippen LogP contribution in [0.2, 0.25) is 0 Å². The van der Waals surface area contributed by atoms with Gasteiger partial charge >= 0.3 is 6.09 Å². The number of likely N-dealkylation sites (tertiary alicyclic amines) is 1. The molecule has 3 fully saturated rings. The van der Waals surface area contributed by atoms with E-state index >= 15 is 0 Å². The summed E-state index contributed by atoms with van der Waals surface area (Å²) in [4.78, 5) is 14.0. The Balaban J connectivity index is 1.46. The average molecular weight is 335 g/mol. The number of β-amino-alcohol motifs (C(OH)–C–C–N with tert-alkyl or cyclic N) is 1. The van der Waals surface area contributed by atoms with Gasteiger partial charge in [-0.1, -0.05) is 30.3 Å². The average Bonchev–Trinajstić information content (AvgIpc) is 3.14. The molecule has 2 unspecified atom stereocenters. The highest BCUT2D eigenvalue weighted by atomic mass is 16.8. The van der Waals surface area contributed by atoms with Gasteiger partial charge in [-0.15, -0.1) is 0 Å². The summed E-state index contributed by atoms with van der Waals surface area (Å²) in [5.41, 5.74) is 0.907. The third-order valence-electron chi connectivity index (χ3n) is 4.62. The molecule has 0 bridgehead atoms. The van der Waals surface area contributed by atoms with Crippen molar-refractivity contribution in [2.75, 3.05) is 6.54 Å². The molecule has 1 aromatic carbocycles. The summed E-state index contributed by atoms with van der Waals surface area (Å²) in [5, 5.41) is 10.2. The van der Waals surface area contributed by atoms with Crippen molar-refractivity contribution in [3.8, 4) is 0 Å². The number of hydrogen-bond acceptors (Lipinski definition) is 6.